The van der Waals surface area contributed by atoms with Gasteiger partial charge in [0.15, 0.2) is 0 Å². The largest absolute Gasteiger partial charge is 0.318 e. The van der Waals surface area contributed by atoms with Crippen LogP contribution in [0.15, 0.2) is 58.5 Å². The smallest absolute Gasteiger partial charge is 0.276 e. The summed E-state index contributed by atoms with van der Waals surface area (Å²) < 4.78 is 27.3. The van der Waals surface area contributed by atoms with Gasteiger partial charge < -0.3 is 4.57 Å². The van der Waals surface area contributed by atoms with Crippen LogP contribution >= 0.6 is 11.3 Å². The van der Waals surface area contributed by atoms with E-state index in [1.807, 2.05) is 24.3 Å². The topological polar surface area (TPSA) is 107 Å². The monoisotopic (exact) mass is 364 g/mol. The number of nitro benzene ring substituents is 1. The molecule has 1 N–H and O–H groups in total. The molecule has 10 heteroatoms. The van der Waals surface area contributed by atoms with E-state index in [4.69, 9.17) is 0 Å². The van der Waals surface area contributed by atoms with Crippen molar-refractivity contribution in [2.75, 3.05) is 0 Å². The fraction of sp³-hybridized carbons (Fsp3) is 0.0714. The molecule has 0 saturated carbocycles. The van der Waals surface area contributed by atoms with Crippen molar-refractivity contribution in [3.63, 3.8) is 0 Å². The molecule has 2 aromatic carbocycles. The third-order valence-corrected chi connectivity index (χ3v) is 5.63. The highest BCUT2D eigenvalue weighted by Crippen LogP contribution is 2.17. The fourth-order valence-electron chi connectivity index (χ4n) is 2.10. The van der Waals surface area contributed by atoms with E-state index < -0.39 is 14.9 Å². The van der Waals surface area contributed by atoms with Crippen LogP contribution in [0.2, 0.25) is 0 Å². The first-order chi connectivity index (χ1) is 11.4. The van der Waals surface area contributed by atoms with Gasteiger partial charge in [-0.3, -0.25) is 10.1 Å². The Labute approximate surface area is 140 Å². The second-order valence-electron chi connectivity index (χ2n) is 4.87. The van der Waals surface area contributed by atoms with E-state index in [1.165, 1.54) is 29.5 Å². The van der Waals surface area contributed by atoms with Gasteiger partial charge in [0.05, 0.1) is 20.0 Å². The van der Waals surface area contributed by atoms with Crippen LogP contribution in [0, 0.1) is 10.1 Å². The van der Waals surface area contributed by atoms with E-state index in [0.717, 1.165) is 16.3 Å². The van der Waals surface area contributed by atoms with Gasteiger partial charge in [-0.05, 0) is 18.2 Å². The maximum atomic E-state index is 12.3. The van der Waals surface area contributed by atoms with E-state index >= 15 is 0 Å². The molecule has 1 aromatic heterocycles. The highest BCUT2D eigenvalue weighted by atomic mass is 32.2. The molecule has 124 valence electrons. The summed E-state index contributed by atoms with van der Waals surface area (Å²) in [7, 11) is -2.22. The van der Waals surface area contributed by atoms with Crippen molar-refractivity contribution in [3.05, 3.63) is 63.4 Å². The predicted molar refractivity (Wildman–Crippen MR) is 89.8 cm³/mol. The lowest BCUT2D eigenvalue weighted by Gasteiger charge is -2.02. The second kappa shape index (κ2) is 6.06. The number of nitrogens with one attached hydrogen (secondary N) is 1. The first-order valence-corrected chi connectivity index (χ1v) is 9.03. The first-order valence-electron chi connectivity index (χ1n) is 6.73. The van der Waals surface area contributed by atoms with Gasteiger partial charge in [-0.2, -0.15) is 13.2 Å². The number of rotatable bonds is 4. The van der Waals surface area contributed by atoms with Gasteiger partial charge in [-0.15, -0.1) is 5.10 Å². The lowest BCUT2D eigenvalue weighted by atomic mass is 10.3. The number of nitrogens with zero attached hydrogens (tertiary/aromatic N) is 3. The van der Waals surface area contributed by atoms with Crippen LogP contribution in [-0.4, -0.2) is 17.9 Å². The molecule has 0 unspecified atom stereocenters. The van der Waals surface area contributed by atoms with Crippen LogP contribution in [0.3, 0.4) is 0 Å². The van der Waals surface area contributed by atoms with E-state index in [1.54, 1.807) is 11.6 Å². The van der Waals surface area contributed by atoms with Crippen molar-refractivity contribution in [3.8, 4) is 0 Å². The zero-order valence-corrected chi connectivity index (χ0v) is 14.0. The minimum absolute atomic E-state index is 0.218. The SMILES string of the molecule is Cn1/c(=N/NS(=O)(=O)c2cccc([N+](=O)[O-])c2)sc2ccccc21. The standard InChI is InChI=1S/C14H12N4O4S2/c1-17-12-7-2-3-8-13(12)23-14(17)15-16-24(21,22)11-6-4-5-10(9-11)18(19)20/h2-9,16H,1H3/b15-14-. The van der Waals surface area contributed by atoms with E-state index in [0.29, 0.717) is 4.80 Å². The van der Waals surface area contributed by atoms with Gasteiger partial charge in [-0.1, -0.05) is 29.5 Å². The zero-order valence-electron chi connectivity index (χ0n) is 12.4. The van der Waals surface area contributed by atoms with Crippen molar-refractivity contribution in [1.29, 1.82) is 0 Å². The van der Waals surface area contributed by atoms with Crippen molar-refractivity contribution >= 4 is 37.3 Å². The molecule has 0 amide bonds. The molecule has 8 nitrogen and oxygen atoms in total. The average molecular weight is 364 g/mol. The van der Waals surface area contributed by atoms with Gasteiger partial charge in [-0.25, -0.2) is 0 Å². The summed E-state index contributed by atoms with van der Waals surface area (Å²) in [5.41, 5.74) is 0.626. The molecule has 0 bridgehead atoms. The zero-order chi connectivity index (χ0) is 17.3. The lowest BCUT2D eigenvalue weighted by molar-refractivity contribution is -0.385. The second-order valence-corrected chi connectivity index (χ2v) is 7.54. The molecule has 24 heavy (non-hydrogen) atoms. The number of thiazole rings is 1. The number of aromatic nitrogens is 1. The number of hydrogen-bond acceptors (Lipinski definition) is 6. The summed E-state index contributed by atoms with van der Waals surface area (Å²) in [5.74, 6) is 0. The van der Waals surface area contributed by atoms with Gasteiger partial charge >= 0.3 is 0 Å². The highest BCUT2D eigenvalue weighted by molar-refractivity contribution is 7.89. The molecule has 3 aromatic rings. The number of sulfonamides is 1. The van der Waals surface area contributed by atoms with Crippen LogP contribution in [-0.2, 0) is 17.1 Å². The van der Waals surface area contributed by atoms with Gasteiger partial charge in [0.1, 0.15) is 0 Å². The molecule has 0 atom stereocenters. The van der Waals surface area contributed by atoms with Crippen LogP contribution in [0.1, 0.15) is 0 Å². The molecular weight excluding hydrogens is 352 g/mol. The molecule has 0 spiro atoms. The molecule has 0 aliphatic heterocycles. The maximum absolute atomic E-state index is 12.3. The van der Waals surface area contributed by atoms with E-state index in [-0.39, 0.29) is 10.6 Å². The number of fused-ring (bicyclic) bond motifs is 1. The number of para-hydroxylation sites is 1. The predicted octanol–water partition coefficient (Wildman–Crippen LogP) is 1.94. The normalized spacial score (nSPS) is 12.5. The number of benzene rings is 2. The summed E-state index contributed by atoms with van der Waals surface area (Å²) in [5, 5.41) is 14.7. The lowest BCUT2D eigenvalue weighted by Crippen LogP contribution is -2.23. The Balaban J connectivity index is 1.98. The van der Waals surface area contributed by atoms with E-state index in [2.05, 4.69) is 9.93 Å². The number of aryl methyl sites for hydroxylation is 1. The van der Waals surface area contributed by atoms with Crippen molar-refractivity contribution in [1.82, 2.24) is 9.40 Å². The summed E-state index contributed by atoms with van der Waals surface area (Å²) in [6, 6.07) is 12.4. The Morgan fingerprint density at radius 3 is 2.67 bits per heavy atom. The number of non-ortho nitro benzene ring substituents is 1. The molecule has 0 fully saturated rings. The van der Waals surface area contributed by atoms with Crippen LogP contribution < -0.4 is 9.63 Å². The quantitative estimate of drug-likeness (QED) is 0.564. The van der Waals surface area contributed by atoms with Crippen molar-refractivity contribution in [2.24, 2.45) is 12.1 Å². The van der Waals surface area contributed by atoms with Crippen LogP contribution in [0.5, 0.6) is 0 Å². The van der Waals surface area contributed by atoms with Gasteiger partial charge in [0.25, 0.3) is 15.7 Å². The Morgan fingerprint density at radius 1 is 1.21 bits per heavy atom. The fourth-order valence-corrected chi connectivity index (χ4v) is 3.99. The van der Waals surface area contributed by atoms with Crippen LogP contribution in [0.25, 0.3) is 10.2 Å². The minimum Gasteiger partial charge on any atom is -0.318 e. The van der Waals surface area contributed by atoms with Crippen LogP contribution in [0.4, 0.5) is 5.69 Å². The molecule has 0 aliphatic rings. The molecule has 0 radical (unpaired) electrons. The Hall–Kier alpha value is -2.72. The van der Waals surface area contributed by atoms with Gasteiger partial charge in [0, 0.05) is 19.2 Å². The number of hydrogen-bond donors (Lipinski definition) is 1. The summed E-state index contributed by atoms with van der Waals surface area (Å²) in [6.07, 6.45) is 0. The molecular formula is C14H12N4O4S2. The number of nitro groups is 1. The highest BCUT2D eigenvalue weighted by Gasteiger charge is 2.17. The van der Waals surface area contributed by atoms with Crippen molar-refractivity contribution < 1.29 is 13.3 Å². The molecule has 0 aliphatic carbocycles. The first kappa shape index (κ1) is 16.1. The molecule has 1 heterocycles. The minimum atomic E-state index is -4.00. The summed E-state index contributed by atoms with van der Waals surface area (Å²) >= 11 is 1.33. The third-order valence-electron chi connectivity index (χ3n) is 3.31. The Bertz CT molecular complexity index is 1100. The Morgan fingerprint density at radius 2 is 1.96 bits per heavy atom. The molecule has 3 rings (SSSR count). The maximum Gasteiger partial charge on any atom is 0.276 e. The van der Waals surface area contributed by atoms with Gasteiger partial charge in [0.2, 0.25) is 4.80 Å². The Kier molecular flexibility index (Phi) is 4.08. The molecule has 0 saturated heterocycles. The summed E-state index contributed by atoms with van der Waals surface area (Å²) in [4.78, 5) is 12.5. The van der Waals surface area contributed by atoms with Crippen molar-refractivity contribution in [2.45, 2.75) is 4.90 Å². The third kappa shape index (κ3) is 3.01. The average Bonchev–Trinajstić information content (AvgIpc) is 2.90. The van der Waals surface area contributed by atoms with E-state index in [9.17, 15) is 18.5 Å². The summed E-state index contributed by atoms with van der Waals surface area (Å²) in [6.45, 7) is 0.